The molecule has 3 heterocycles. The molecule has 1 aliphatic rings. The van der Waals surface area contributed by atoms with Crippen LogP contribution < -0.4 is 4.90 Å². The number of carbonyl (C=O) groups is 1. The minimum atomic E-state index is -3.82. The summed E-state index contributed by atoms with van der Waals surface area (Å²) < 4.78 is 34.8. The summed E-state index contributed by atoms with van der Waals surface area (Å²) in [5, 5.41) is 0.536. The van der Waals surface area contributed by atoms with Gasteiger partial charge in [0.05, 0.1) is 27.9 Å². The molecular weight excluding hydrogens is 482 g/mol. The number of thiazole rings is 1. The lowest BCUT2D eigenvalue weighted by molar-refractivity contribution is -0.121. The zero-order valence-electron chi connectivity index (χ0n) is 19.7. The summed E-state index contributed by atoms with van der Waals surface area (Å²) in [4.78, 5) is 20.5. The molecule has 1 aliphatic heterocycles. The van der Waals surface area contributed by atoms with E-state index in [1.807, 2.05) is 19.1 Å². The Balaban J connectivity index is 1.51. The van der Waals surface area contributed by atoms with Crippen molar-refractivity contribution in [1.82, 2.24) is 9.29 Å². The Bertz CT molecular complexity index is 1440. The second kappa shape index (κ2) is 9.56. The third-order valence-electron chi connectivity index (χ3n) is 6.36. The number of sulfonamides is 1. The van der Waals surface area contributed by atoms with Crippen LogP contribution in [0, 0.1) is 6.92 Å². The van der Waals surface area contributed by atoms with Crippen molar-refractivity contribution in [2.45, 2.75) is 50.6 Å². The quantitative estimate of drug-likeness (QED) is 0.344. The van der Waals surface area contributed by atoms with Crippen LogP contribution in [0.3, 0.4) is 0 Å². The van der Waals surface area contributed by atoms with E-state index in [2.05, 4.69) is 13.0 Å². The highest BCUT2D eigenvalue weighted by Gasteiger charge is 2.42. The maximum absolute atomic E-state index is 14.0. The highest BCUT2D eigenvalue weighted by atomic mass is 32.2. The molecule has 1 amide bonds. The van der Waals surface area contributed by atoms with Crippen molar-refractivity contribution in [2.75, 3.05) is 11.4 Å². The Morgan fingerprint density at radius 3 is 2.71 bits per heavy atom. The van der Waals surface area contributed by atoms with Gasteiger partial charge in [0.15, 0.2) is 5.13 Å². The zero-order chi connectivity index (χ0) is 24.6. The van der Waals surface area contributed by atoms with Gasteiger partial charge in [-0.15, -0.1) is 0 Å². The summed E-state index contributed by atoms with van der Waals surface area (Å²) in [5.41, 5.74) is 2.99. The summed E-state index contributed by atoms with van der Waals surface area (Å²) in [6.07, 6.45) is 3.55. The van der Waals surface area contributed by atoms with Crippen LogP contribution >= 0.6 is 11.3 Å². The molecule has 4 aromatic rings. The first kappa shape index (κ1) is 23.7. The molecule has 1 fully saturated rings. The Morgan fingerprint density at radius 1 is 1.20 bits per heavy atom. The highest BCUT2D eigenvalue weighted by molar-refractivity contribution is 7.89. The van der Waals surface area contributed by atoms with E-state index in [0.717, 1.165) is 22.2 Å². The van der Waals surface area contributed by atoms with Crippen molar-refractivity contribution in [3.63, 3.8) is 0 Å². The molecule has 2 aromatic carbocycles. The van der Waals surface area contributed by atoms with Gasteiger partial charge in [0.2, 0.25) is 15.9 Å². The van der Waals surface area contributed by atoms with E-state index in [0.29, 0.717) is 30.3 Å². The van der Waals surface area contributed by atoms with Crippen molar-refractivity contribution in [2.24, 2.45) is 0 Å². The van der Waals surface area contributed by atoms with Crippen LogP contribution in [0.2, 0.25) is 0 Å². The zero-order valence-corrected chi connectivity index (χ0v) is 21.3. The fourth-order valence-corrected chi connectivity index (χ4v) is 7.08. The molecule has 9 heteroatoms. The normalized spacial score (nSPS) is 16.7. The number of anilines is 1. The number of carbonyl (C=O) groups excluding carboxylic acids is 1. The number of benzene rings is 2. The van der Waals surface area contributed by atoms with Crippen molar-refractivity contribution in [3.05, 3.63) is 77.7 Å². The summed E-state index contributed by atoms with van der Waals surface area (Å²) in [6, 6.07) is 15.6. The van der Waals surface area contributed by atoms with E-state index < -0.39 is 16.1 Å². The van der Waals surface area contributed by atoms with Gasteiger partial charge in [0, 0.05) is 6.54 Å². The van der Waals surface area contributed by atoms with Gasteiger partial charge < -0.3 is 4.42 Å². The highest BCUT2D eigenvalue weighted by Crippen LogP contribution is 2.34. The number of nitrogens with zero attached hydrogens (tertiary/aromatic N) is 3. The molecule has 182 valence electrons. The molecule has 0 saturated carbocycles. The number of rotatable bonds is 7. The lowest BCUT2D eigenvalue weighted by Gasteiger charge is -2.28. The largest absolute Gasteiger partial charge is 0.467 e. The molecule has 7 nitrogen and oxygen atoms in total. The van der Waals surface area contributed by atoms with E-state index in [1.165, 1.54) is 21.2 Å². The Hall–Kier alpha value is -3.01. The van der Waals surface area contributed by atoms with Crippen LogP contribution in [0.1, 0.15) is 36.7 Å². The lowest BCUT2D eigenvalue weighted by atomic mass is 10.2. The van der Waals surface area contributed by atoms with Crippen LogP contribution in [0.5, 0.6) is 0 Å². The molecule has 0 N–H and O–H groups in total. The van der Waals surface area contributed by atoms with E-state index in [-0.39, 0.29) is 17.3 Å². The molecule has 0 spiro atoms. The molecule has 1 unspecified atom stereocenters. The maximum Gasteiger partial charge on any atom is 0.247 e. The molecule has 2 aromatic heterocycles. The molecule has 5 rings (SSSR count). The Labute approximate surface area is 209 Å². The molecule has 0 radical (unpaired) electrons. The minimum Gasteiger partial charge on any atom is -0.467 e. The van der Waals surface area contributed by atoms with Gasteiger partial charge >= 0.3 is 0 Å². The SMILES string of the molecule is CCc1ccc2nc(N(Cc3ccco3)C(=O)C3CCCN3S(=O)(=O)c3ccc(C)cc3)sc2c1. The fourth-order valence-electron chi connectivity index (χ4n) is 4.39. The van der Waals surface area contributed by atoms with Crippen LogP contribution in [-0.2, 0) is 27.8 Å². The number of furan rings is 1. The molecule has 0 aliphatic carbocycles. The number of hydrogen-bond acceptors (Lipinski definition) is 6. The van der Waals surface area contributed by atoms with E-state index in [1.54, 1.807) is 47.6 Å². The van der Waals surface area contributed by atoms with Crippen molar-refractivity contribution >= 4 is 42.6 Å². The first-order chi connectivity index (χ1) is 16.9. The van der Waals surface area contributed by atoms with Gasteiger partial charge in [-0.3, -0.25) is 9.69 Å². The van der Waals surface area contributed by atoms with Gasteiger partial charge in [0.25, 0.3) is 0 Å². The number of fused-ring (bicyclic) bond motifs is 1. The topological polar surface area (TPSA) is 83.7 Å². The van der Waals surface area contributed by atoms with Gasteiger partial charge in [-0.1, -0.05) is 42.0 Å². The standard InChI is InChI=1S/C26H27N3O4S2/c1-3-19-10-13-22-24(16-19)34-26(27-22)28(17-20-6-5-15-33-20)25(30)23-7-4-14-29(23)35(31,32)21-11-8-18(2)9-12-21/h5-6,8-13,15-16,23H,3-4,7,14,17H2,1-2H3. The molecule has 35 heavy (non-hydrogen) atoms. The number of aryl methyl sites for hydroxylation is 2. The molecule has 1 atom stereocenters. The van der Waals surface area contributed by atoms with Gasteiger partial charge in [-0.05, 0) is 68.1 Å². The molecular formula is C26H27N3O4S2. The van der Waals surface area contributed by atoms with Gasteiger partial charge in [0.1, 0.15) is 11.8 Å². The first-order valence-electron chi connectivity index (χ1n) is 11.7. The van der Waals surface area contributed by atoms with Gasteiger partial charge in [-0.2, -0.15) is 4.31 Å². The number of aromatic nitrogens is 1. The molecule has 0 bridgehead atoms. The van der Waals surface area contributed by atoms with Crippen LogP contribution in [0.15, 0.2) is 70.2 Å². The van der Waals surface area contributed by atoms with Crippen molar-refractivity contribution < 1.29 is 17.6 Å². The number of hydrogen-bond donors (Lipinski definition) is 0. The second-order valence-corrected chi connectivity index (χ2v) is 11.6. The first-order valence-corrected chi connectivity index (χ1v) is 13.9. The predicted octanol–water partition coefficient (Wildman–Crippen LogP) is 5.15. The van der Waals surface area contributed by atoms with Crippen LogP contribution in [-0.4, -0.2) is 36.2 Å². The second-order valence-electron chi connectivity index (χ2n) is 8.74. The predicted molar refractivity (Wildman–Crippen MR) is 137 cm³/mol. The van der Waals surface area contributed by atoms with E-state index in [4.69, 9.17) is 9.40 Å². The van der Waals surface area contributed by atoms with Gasteiger partial charge in [-0.25, -0.2) is 13.4 Å². The van der Waals surface area contributed by atoms with Crippen molar-refractivity contribution in [3.8, 4) is 0 Å². The molecule has 1 saturated heterocycles. The third kappa shape index (κ3) is 4.63. The fraction of sp³-hybridized carbons (Fsp3) is 0.308. The maximum atomic E-state index is 14.0. The van der Waals surface area contributed by atoms with E-state index in [9.17, 15) is 13.2 Å². The third-order valence-corrected chi connectivity index (χ3v) is 9.32. The monoisotopic (exact) mass is 509 g/mol. The average molecular weight is 510 g/mol. The smallest absolute Gasteiger partial charge is 0.247 e. The van der Waals surface area contributed by atoms with E-state index >= 15 is 0 Å². The Morgan fingerprint density at radius 2 is 2.00 bits per heavy atom. The summed E-state index contributed by atoms with van der Waals surface area (Å²) >= 11 is 1.43. The Kier molecular flexibility index (Phi) is 6.48. The summed E-state index contributed by atoms with van der Waals surface area (Å²) in [6.45, 7) is 4.49. The van der Waals surface area contributed by atoms with Crippen molar-refractivity contribution in [1.29, 1.82) is 0 Å². The number of amides is 1. The average Bonchev–Trinajstić information content (AvgIpc) is 3.62. The lowest BCUT2D eigenvalue weighted by Crippen LogP contribution is -2.47. The minimum absolute atomic E-state index is 0.182. The van der Waals surface area contributed by atoms with Crippen LogP contribution in [0.25, 0.3) is 10.2 Å². The van der Waals surface area contributed by atoms with Crippen LogP contribution in [0.4, 0.5) is 5.13 Å². The summed E-state index contributed by atoms with van der Waals surface area (Å²) in [7, 11) is -3.82. The summed E-state index contributed by atoms with van der Waals surface area (Å²) in [5.74, 6) is 0.321.